The minimum atomic E-state index is -4.17. The van der Waals surface area contributed by atoms with E-state index < -0.39 is 26.9 Å². The minimum Gasteiger partial charge on any atom is -0.480 e. The van der Waals surface area contributed by atoms with Crippen molar-refractivity contribution in [1.82, 2.24) is 10.0 Å². The van der Waals surface area contributed by atoms with Gasteiger partial charge in [-0.2, -0.15) is 4.72 Å². The van der Waals surface area contributed by atoms with Crippen molar-refractivity contribution in [3.05, 3.63) is 77.3 Å². The maximum atomic E-state index is 13.4. The summed E-state index contributed by atoms with van der Waals surface area (Å²) in [5, 5.41) is 13.7. The number of hydrogen-bond acceptors (Lipinski definition) is 5. The highest BCUT2D eigenvalue weighted by Crippen LogP contribution is 2.58. The standard InChI is InChI=1S/C25H23ClN2O5S2/c26-19-10-8-16(9-11-19)20-12-13-21(34-20)35(32,33)28-25(23(30)31)14-24(25,18-4-2-1-3-5-18)15-27-22(29)17-6-7-17/h1-5,8-13,17,28H,6-7,14-15H2,(H,27,29)(H,30,31). The van der Waals surface area contributed by atoms with E-state index in [2.05, 4.69) is 10.0 Å². The first-order valence-corrected chi connectivity index (χ1v) is 13.8. The Kier molecular flexibility index (Phi) is 5.99. The number of rotatable bonds is 9. The Morgan fingerprint density at radius 2 is 1.71 bits per heavy atom. The van der Waals surface area contributed by atoms with Crippen LogP contribution in [0.25, 0.3) is 10.4 Å². The normalized spacial score (nSPS) is 23.6. The van der Waals surface area contributed by atoms with E-state index in [1.165, 1.54) is 6.07 Å². The molecule has 0 spiro atoms. The number of hydrogen-bond donors (Lipinski definition) is 3. The summed E-state index contributed by atoms with van der Waals surface area (Å²) in [5.41, 5.74) is -1.42. The van der Waals surface area contributed by atoms with Gasteiger partial charge >= 0.3 is 5.97 Å². The summed E-state index contributed by atoms with van der Waals surface area (Å²) < 4.78 is 29.3. The van der Waals surface area contributed by atoms with Crippen molar-refractivity contribution in [2.24, 2.45) is 5.92 Å². The molecule has 1 aromatic heterocycles. The monoisotopic (exact) mass is 530 g/mol. The van der Waals surface area contributed by atoms with Gasteiger partial charge in [-0.05, 0) is 54.7 Å². The van der Waals surface area contributed by atoms with Crippen LogP contribution < -0.4 is 10.0 Å². The Hall–Kier alpha value is -2.72. The second kappa shape index (κ2) is 8.74. The lowest BCUT2D eigenvalue weighted by Crippen LogP contribution is -2.51. The number of halogens is 1. The number of amides is 1. The fourth-order valence-corrected chi connectivity index (χ4v) is 7.39. The first kappa shape index (κ1) is 24.0. The van der Waals surface area contributed by atoms with Crippen LogP contribution in [-0.2, 0) is 25.0 Å². The van der Waals surface area contributed by atoms with E-state index in [0.29, 0.717) is 15.5 Å². The van der Waals surface area contributed by atoms with Crippen LogP contribution in [0.1, 0.15) is 24.8 Å². The quantitative estimate of drug-likeness (QED) is 0.386. The number of carboxylic acids is 1. The highest BCUT2D eigenvalue weighted by atomic mass is 35.5. The van der Waals surface area contributed by atoms with Crippen molar-refractivity contribution in [1.29, 1.82) is 0 Å². The van der Waals surface area contributed by atoms with E-state index in [1.54, 1.807) is 60.7 Å². The third-order valence-corrected chi connectivity index (χ3v) is 10.1. The van der Waals surface area contributed by atoms with Crippen molar-refractivity contribution < 1.29 is 23.1 Å². The third kappa shape index (κ3) is 4.38. The Balaban J connectivity index is 1.46. The molecule has 7 nitrogen and oxygen atoms in total. The van der Waals surface area contributed by atoms with Crippen molar-refractivity contribution in [3.8, 4) is 10.4 Å². The van der Waals surface area contributed by atoms with Crippen LogP contribution in [0.3, 0.4) is 0 Å². The number of carbonyl (C=O) groups is 2. The molecule has 2 unspecified atom stereocenters. The molecule has 5 rings (SSSR count). The van der Waals surface area contributed by atoms with Gasteiger partial charge in [0.15, 0.2) is 0 Å². The highest BCUT2D eigenvalue weighted by Gasteiger charge is 2.75. The van der Waals surface area contributed by atoms with Gasteiger partial charge in [0.1, 0.15) is 9.75 Å². The molecule has 3 N–H and O–H groups in total. The summed E-state index contributed by atoms with van der Waals surface area (Å²) in [7, 11) is -4.17. The first-order valence-electron chi connectivity index (χ1n) is 11.1. The third-order valence-electron chi connectivity index (χ3n) is 6.75. The Morgan fingerprint density at radius 3 is 2.34 bits per heavy atom. The van der Waals surface area contributed by atoms with E-state index in [9.17, 15) is 23.1 Å². The average molecular weight is 531 g/mol. The Morgan fingerprint density at radius 1 is 1.03 bits per heavy atom. The van der Waals surface area contributed by atoms with Gasteiger partial charge in [0, 0.05) is 27.8 Å². The molecule has 2 atom stereocenters. The van der Waals surface area contributed by atoms with Crippen LogP contribution in [0.4, 0.5) is 0 Å². The van der Waals surface area contributed by atoms with Crippen LogP contribution in [0.2, 0.25) is 5.02 Å². The van der Waals surface area contributed by atoms with Crippen LogP contribution >= 0.6 is 22.9 Å². The maximum absolute atomic E-state index is 13.4. The predicted octanol–water partition coefficient (Wildman–Crippen LogP) is 4.04. The topological polar surface area (TPSA) is 113 Å². The van der Waals surface area contributed by atoms with Gasteiger partial charge in [-0.25, -0.2) is 8.42 Å². The van der Waals surface area contributed by atoms with Crippen molar-refractivity contribution in [2.45, 2.75) is 34.4 Å². The fraction of sp³-hybridized carbons (Fsp3) is 0.280. The SMILES string of the molecule is O=C(NCC1(c2ccccc2)CC1(NS(=O)(=O)c1ccc(-c2ccc(Cl)cc2)s1)C(=O)O)C1CC1. The lowest BCUT2D eigenvalue weighted by atomic mass is 9.90. The zero-order valence-electron chi connectivity index (χ0n) is 18.5. The van der Waals surface area contributed by atoms with Gasteiger partial charge in [-0.15, -0.1) is 11.3 Å². The molecule has 0 aliphatic heterocycles. The summed E-state index contributed by atoms with van der Waals surface area (Å²) in [6.07, 6.45) is 1.66. The number of nitrogens with one attached hydrogen (secondary N) is 2. The number of sulfonamides is 1. The second-order valence-electron chi connectivity index (χ2n) is 9.06. The number of carbonyl (C=O) groups excluding carboxylic acids is 1. The molecule has 0 radical (unpaired) electrons. The van der Waals surface area contributed by atoms with E-state index in [-0.39, 0.29) is 29.0 Å². The molecule has 3 aromatic rings. The zero-order chi connectivity index (χ0) is 24.8. The summed E-state index contributed by atoms with van der Waals surface area (Å²) in [6, 6.07) is 19.1. The lowest BCUT2D eigenvalue weighted by Gasteiger charge is -2.25. The van der Waals surface area contributed by atoms with Gasteiger partial charge in [0.25, 0.3) is 10.0 Å². The summed E-state index contributed by atoms with van der Waals surface area (Å²) in [5.74, 6) is -1.45. The molecule has 0 saturated heterocycles. The van der Waals surface area contributed by atoms with E-state index in [4.69, 9.17) is 11.6 Å². The molecule has 2 fully saturated rings. The number of aliphatic carboxylic acids is 1. The Labute approximate surface area is 212 Å². The van der Waals surface area contributed by atoms with E-state index in [1.807, 2.05) is 0 Å². The van der Waals surface area contributed by atoms with Gasteiger partial charge in [-0.3, -0.25) is 9.59 Å². The van der Waals surface area contributed by atoms with Crippen molar-refractivity contribution in [3.63, 3.8) is 0 Å². The second-order valence-corrected chi connectivity index (χ2v) is 12.5. The van der Waals surface area contributed by atoms with Crippen LogP contribution in [-0.4, -0.2) is 37.5 Å². The zero-order valence-corrected chi connectivity index (χ0v) is 20.9. The van der Waals surface area contributed by atoms with Crippen molar-refractivity contribution >= 4 is 44.8 Å². The number of thiophene rings is 1. The van der Waals surface area contributed by atoms with Crippen LogP contribution in [0, 0.1) is 5.92 Å². The summed E-state index contributed by atoms with van der Waals surface area (Å²) in [6.45, 7) is 0.0294. The summed E-state index contributed by atoms with van der Waals surface area (Å²) >= 11 is 6.99. The molecule has 2 aromatic carbocycles. The lowest BCUT2D eigenvalue weighted by molar-refractivity contribution is -0.141. The van der Waals surface area contributed by atoms with Crippen LogP contribution in [0.5, 0.6) is 0 Å². The first-order chi connectivity index (χ1) is 16.7. The molecule has 10 heteroatoms. The molecule has 1 heterocycles. The fourth-order valence-electron chi connectivity index (χ4n) is 4.53. The molecule has 0 bridgehead atoms. The number of carboxylic acid groups (broad SMARTS) is 1. The van der Waals surface area contributed by atoms with Gasteiger partial charge in [0.2, 0.25) is 5.91 Å². The molecule has 2 aliphatic carbocycles. The molecular weight excluding hydrogens is 508 g/mol. The van der Waals surface area contributed by atoms with E-state index in [0.717, 1.165) is 29.7 Å². The van der Waals surface area contributed by atoms with E-state index >= 15 is 0 Å². The Bertz CT molecular complexity index is 1390. The molecule has 1 amide bonds. The van der Waals surface area contributed by atoms with Gasteiger partial charge in [0.05, 0.1) is 0 Å². The molecule has 182 valence electrons. The largest absolute Gasteiger partial charge is 0.480 e. The highest BCUT2D eigenvalue weighted by molar-refractivity contribution is 7.91. The summed E-state index contributed by atoms with van der Waals surface area (Å²) in [4.78, 5) is 25.7. The minimum absolute atomic E-state index is 0.0129. The van der Waals surface area contributed by atoms with Crippen LogP contribution in [0.15, 0.2) is 70.9 Å². The average Bonchev–Trinajstić information content (AvgIpc) is 3.74. The smallest absolute Gasteiger partial charge is 0.325 e. The maximum Gasteiger partial charge on any atom is 0.325 e. The van der Waals surface area contributed by atoms with Gasteiger partial charge < -0.3 is 10.4 Å². The molecule has 2 saturated carbocycles. The predicted molar refractivity (Wildman–Crippen MR) is 134 cm³/mol. The molecular formula is C25H23ClN2O5S2. The molecule has 35 heavy (non-hydrogen) atoms. The number of benzene rings is 2. The van der Waals surface area contributed by atoms with Crippen molar-refractivity contribution in [2.75, 3.05) is 6.54 Å². The van der Waals surface area contributed by atoms with Gasteiger partial charge in [-0.1, -0.05) is 54.1 Å². The molecule has 2 aliphatic rings.